The van der Waals surface area contributed by atoms with Gasteiger partial charge in [-0.15, -0.1) is 0 Å². The van der Waals surface area contributed by atoms with E-state index in [0.717, 1.165) is 11.1 Å². The monoisotopic (exact) mass is 285 g/mol. The third kappa shape index (κ3) is 2.57. The molecule has 20 heavy (non-hydrogen) atoms. The van der Waals surface area contributed by atoms with Crippen LogP contribution in [0.4, 0.5) is 0 Å². The first-order chi connectivity index (χ1) is 9.78. The molecule has 1 fully saturated rings. The van der Waals surface area contributed by atoms with Gasteiger partial charge in [-0.1, -0.05) is 36.9 Å². The Kier molecular flexibility index (Phi) is 3.75. The van der Waals surface area contributed by atoms with Gasteiger partial charge in [0.05, 0.1) is 23.9 Å². The molecule has 0 saturated heterocycles. The van der Waals surface area contributed by atoms with Crippen LogP contribution in [0, 0.1) is 11.3 Å². The van der Waals surface area contributed by atoms with Crippen LogP contribution >= 0.6 is 11.6 Å². The molecule has 0 unspecified atom stereocenters. The van der Waals surface area contributed by atoms with Crippen LogP contribution in [0.2, 0.25) is 5.02 Å². The van der Waals surface area contributed by atoms with Crippen LogP contribution < -0.4 is 0 Å². The van der Waals surface area contributed by atoms with Crippen molar-refractivity contribution >= 4 is 11.6 Å². The molecule has 3 rings (SSSR count). The van der Waals surface area contributed by atoms with Gasteiger partial charge in [0.25, 0.3) is 0 Å². The van der Waals surface area contributed by atoms with Crippen molar-refractivity contribution in [2.45, 2.75) is 38.1 Å². The molecule has 0 radical (unpaired) electrons. The molecule has 1 aliphatic rings. The average Bonchev–Trinajstić information content (AvgIpc) is 2.97. The van der Waals surface area contributed by atoms with E-state index in [4.69, 9.17) is 16.9 Å². The van der Waals surface area contributed by atoms with Gasteiger partial charge in [0.2, 0.25) is 0 Å². The van der Waals surface area contributed by atoms with Crippen molar-refractivity contribution in [2.24, 2.45) is 0 Å². The van der Waals surface area contributed by atoms with Gasteiger partial charge in [-0.25, -0.2) is 0 Å². The summed E-state index contributed by atoms with van der Waals surface area (Å²) < 4.78 is 2.07. The first-order valence-electron chi connectivity index (χ1n) is 7.02. The molecular formula is C16H16ClN3. The quantitative estimate of drug-likeness (QED) is 0.810. The molecule has 1 aromatic carbocycles. The molecule has 0 bridgehead atoms. The average molecular weight is 286 g/mol. The number of benzene rings is 1. The molecule has 0 N–H and O–H groups in total. The van der Waals surface area contributed by atoms with Crippen LogP contribution in [0.5, 0.6) is 0 Å². The maximum Gasteiger partial charge on any atom is 0.0992 e. The zero-order valence-electron chi connectivity index (χ0n) is 11.2. The fourth-order valence-electron chi connectivity index (χ4n) is 2.84. The minimum absolute atomic E-state index is 0.523. The molecule has 102 valence electrons. The van der Waals surface area contributed by atoms with Gasteiger partial charge in [-0.3, -0.25) is 4.68 Å². The van der Waals surface area contributed by atoms with E-state index in [0.29, 0.717) is 16.6 Å². The minimum Gasteiger partial charge on any atom is -0.269 e. The van der Waals surface area contributed by atoms with E-state index < -0.39 is 0 Å². The summed E-state index contributed by atoms with van der Waals surface area (Å²) in [6.07, 6.45) is 10.3. The van der Waals surface area contributed by atoms with Crippen molar-refractivity contribution in [3.8, 4) is 17.2 Å². The third-order valence-corrected chi connectivity index (χ3v) is 4.27. The SMILES string of the molecule is N#Cc1ccc(-c2cnn(C3CCCCC3)c2)c(Cl)c1. The lowest BCUT2D eigenvalue weighted by atomic mass is 9.96. The summed E-state index contributed by atoms with van der Waals surface area (Å²) in [5, 5.41) is 14.0. The summed E-state index contributed by atoms with van der Waals surface area (Å²) in [4.78, 5) is 0. The van der Waals surface area contributed by atoms with Crippen molar-refractivity contribution in [3.63, 3.8) is 0 Å². The van der Waals surface area contributed by atoms with E-state index in [-0.39, 0.29) is 0 Å². The van der Waals surface area contributed by atoms with Gasteiger partial charge in [-0.05, 0) is 25.0 Å². The molecule has 1 saturated carbocycles. The zero-order valence-corrected chi connectivity index (χ0v) is 12.0. The first-order valence-corrected chi connectivity index (χ1v) is 7.40. The Morgan fingerprint density at radius 3 is 2.75 bits per heavy atom. The third-order valence-electron chi connectivity index (χ3n) is 3.96. The Bertz CT molecular complexity index is 648. The van der Waals surface area contributed by atoms with Crippen LogP contribution in [-0.4, -0.2) is 9.78 Å². The fourth-order valence-corrected chi connectivity index (χ4v) is 3.13. The van der Waals surface area contributed by atoms with E-state index in [1.165, 1.54) is 32.1 Å². The maximum atomic E-state index is 8.87. The fraction of sp³-hybridized carbons (Fsp3) is 0.375. The molecule has 0 aliphatic heterocycles. The van der Waals surface area contributed by atoms with Gasteiger partial charge in [0.1, 0.15) is 0 Å². The van der Waals surface area contributed by atoms with Crippen LogP contribution in [-0.2, 0) is 0 Å². The minimum atomic E-state index is 0.523. The van der Waals surface area contributed by atoms with Gasteiger partial charge in [-0.2, -0.15) is 10.4 Å². The number of halogens is 1. The van der Waals surface area contributed by atoms with E-state index >= 15 is 0 Å². The Balaban J connectivity index is 1.88. The lowest BCUT2D eigenvalue weighted by Gasteiger charge is -2.21. The van der Waals surface area contributed by atoms with Crippen LogP contribution in [0.3, 0.4) is 0 Å². The molecule has 3 nitrogen and oxygen atoms in total. The normalized spacial score (nSPS) is 16.0. The summed E-state index contributed by atoms with van der Waals surface area (Å²) in [5.41, 5.74) is 2.54. The highest BCUT2D eigenvalue weighted by molar-refractivity contribution is 6.33. The molecular weight excluding hydrogens is 270 g/mol. The van der Waals surface area contributed by atoms with E-state index in [9.17, 15) is 0 Å². The largest absolute Gasteiger partial charge is 0.269 e. The van der Waals surface area contributed by atoms with Crippen molar-refractivity contribution in [1.82, 2.24) is 9.78 Å². The number of hydrogen-bond acceptors (Lipinski definition) is 2. The van der Waals surface area contributed by atoms with E-state index in [2.05, 4.69) is 22.0 Å². The smallest absolute Gasteiger partial charge is 0.0992 e. The summed E-state index contributed by atoms with van der Waals surface area (Å²) in [6, 6.07) is 8.01. The van der Waals surface area contributed by atoms with E-state index in [1.807, 2.05) is 12.3 Å². The zero-order chi connectivity index (χ0) is 13.9. The predicted octanol–water partition coefficient (Wildman–Crippen LogP) is 4.58. The first kappa shape index (κ1) is 13.2. The van der Waals surface area contributed by atoms with Crippen molar-refractivity contribution in [2.75, 3.05) is 0 Å². The second-order valence-corrected chi connectivity index (χ2v) is 5.71. The molecule has 2 aromatic rings. The maximum absolute atomic E-state index is 8.87. The second-order valence-electron chi connectivity index (χ2n) is 5.31. The standard InChI is InChI=1S/C16H16ClN3/c17-16-8-12(9-18)6-7-15(16)13-10-19-20(11-13)14-4-2-1-3-5-14/h6-8,10-11,14H,1-5H2. The Labute approximate surface area is 123 Å². The van der Waals surface area contributed by atoms with E-state index in [1.54, 1.807) is 12.1 Å². The molecule has 0 amide bonds. The highest BCUT2D eigenvalue weighted by Gasteiger charge is 2.16. The lowest BCUT2D eigenvalue weighted by Crippen LogP contribution is -2.12. The summed E-state index contributed by atoms with van der Waals surface area (Å²) >= 11 is 6.25. The van der Waals surface area contributed by atoms with Gasteiger partial charge < -0.3 is 0 Å². The molecule has 1 heterocycles. The summed E-state index contributed by atoms with van der Waals surface area (Å²) in [7, 11) is 0. The van der Waals surface area contributed by atoms with Crippen LogP contribution in [0.1, 0.15) is 43.7 Å². The van der Waals surface area contributed by atoms with Crippen molar-refractivity contribution < 1.29 is 0 Å². The van der Waals surface area contributed by atoms with Crippen molar-refractivity contribution in [1.29, 1.82) is 5.26 Å². The summed E-state index contributed by atoms with van der Waals surface area (Å²) in [5.74, 6) is 0. The van der Waals surface area contributed by atoms with Crippen molar-refractivity contribution in [3.05, 3.63) is 41.2 Å². The molecule has 1 aliphatic carbocycles. The molecule has 4 heteroatoms. The number of aromatic nitrogens is 2. The molecule has 0 atom stereocenters. The number of hydrogen-bond donors (Lipinski definition) is 0. The number of nitriles is 1. The second kappa shape index (κ2) is 5.68. The predicted molar refractivity (Wildman–Crippen MR) is 79.5 cm³/mol. The van der Waals surface area contributed by atoms with Crippen LogP contribution in [0.25, 0.3) is 11.1 Å². The topological polar surface area (TPSA) is 41.6 Å². The van der Waals surface area contributed by atoms with Gasteiger partial charge in [0.15, 0.2) is 0 Å². The number of rotatable bonds is 2. The Morgan fingerprint density at radius 1 is 1.25 bits per heavy atom. The highest BCUT2D eigenvalue weighted by atomic mass is 35.5. The van der Waals surface area contributed by atoms with Gasteiger partial charge in [0, 0.05) is 22.3 Å². The lowest BCUT2D eigenvalue weighted by molar-refractivity contribution is 0.329. The molecule has 0 spiro atoms. The molecule has 1 aromatic heterocycles. The Morgan fingerprint density at radius 2 is 2.05 bits per heavy atom. The highest BCUT2D eigenvalue weighted by Crippen LogP contribution is 2.32. The Hall–Kier alpha value is -1.79. The van der Waals surface area contributed by atoms with Crippen LogP contribution in [0.15, 0.2) is 30.6 Å². The summed E-state index contributed by atoms with van der Waals surface area (Å²) in [6.45, 7) is 0. The van der Waals surface area contributed by atoms with Gasteiger partial charge >= 0.3 is 0 Å². The number of nitrogens with zero attached hydrogens (tertiary/aromatic N) is 3.